The van der Waals surface area contributed by atoms with Crippen LogP contribution in [-0.2, 0) is 4.79 Å². The Hall–Kier alpha value is -2.55. The maximum absolute atomic E-state index is 12.7. The van der Waals surface area contributed by atoms with E-state index >= 15 is 0 Å². The maximum atomic E-state index is 12.7. The van der Waals surface area contributed by atoms with E-state index in [0.29, 0.717) is 3.95 Å². The van der Waals surface area contributed by atoms with Gasteiger partial charge in [0.2, 0.25) is 5.91 Å². The Morgan fingerprint density at radius 2 is 1.96 bits per heavy atom. The molecule has 28 heavy (non-hydrogen) atoms. The molecule has 0 fully saturated rings. The molecule has 0 aliphatic carbocycles. The summed E-state index contributed by atoms with van der Waals surface area (Å²) >= 11 is 8.23. The molecule has 0 saturated carbocycles. The maximum Gasteiger partial charge on any atom is 0.237 e. The molecule has 2 aromatic carbocycles. The van der Waals surface area contributed by atoms with Crippen molar-refractivity contribution in [3.8, 4) is 5.69 Å². The van der Waals surface area contributed by atoms with Gasteiger partial charge in [-0.25, -0.2) is 4.68 Å². The fourth-order valence-corrected chi connectivity index (χ4v) is 5.20. The Morgan fingerprint density at radius 3 is 2.79 bits per heavy atom. The van der Waals surface area contributed by atoms with Crippen molar-refractivity contribution in [3.05, 3.63) is 70.8 Å². The number of amides is 1. The summed E-state index contributed by atoms with van der Waals surface area (Å²) in [6.07, 6.45) is 1.74. The molecule has 0 saturated heterocycles. The third-order valence-electron chi connectivity index (χ3n) is 4.08. The molecular weight excluding hydrogens is 408 g/mol. The zero-order valence-corrected chi connectivity index (χ0v) is 17.4. The first kappa shape index (κ1) is 18.8. The first-order valence-corrected chi connectivity index (χ1v) is 10.7. The number of carbonyl (C=O) groups is 1. The van der Waals surface area contributed by atoms with Gasteiger partial charge in [-0.05, 0) is 55.5 Å². The molecule has 8 heteroatoms. The minimum Gasteiger partial charge on any atom is -0.324 e. The van der Waals surface area contributed by atoms with Crippen molar-refractivity contribution in [1.29, 1.82) is 0 Å². The molecule has 1 amide bonds. The lowest BCUT2D eigenvalue weighted by Gasteiger charge is -2.12. The van der Waals surface area contributed by atoms with Gasteiger partial charge in [-0.1, -0.05) is 47.4 Å². The van der Waals surface area contributed by atoms with Gasteiger partial charge in [-0.2, -0.15) is 0 Å². The van der Waals surface area contributed by atoms with Gasteiger partial charge in [-0.15, -0.1) is 5.10 Å². The van der Waals surface area contributed by atoms with Crippen LogP contribution < -0.4 is 5.32 Å². The number of hydrogen-bond acceptors (Lipinski definition) is 6. The van der Waals surface area contributed by atoms with Crippen LogP contribution in [0.2, 0.25) is 0 Å². The van der Waals surface area contributed by atoms with Crippen molar-refractivity contribution in [2.24, 2.45) is 0 Å². The zero-order chi connectivity index (χ0) is 19.5. The number of anilines is 1. The van der Waals surface area contributed by atoms with Crippen molar-refractivity contribution in [3.63, 3.8) is 0 Å². The molecular formula is C20H16N4OS3. The van der Waals surface area contributed by atoms with Crippen molar-refractivity contribution in [2.75, 3.05) is 5.32 Å². The smallest absolute Gasteiger partial charge is 0.237 e. The van der Waals surface area contributed by atoms with E-state index < -0.39 is 0 Å². The number of thioether (sulfide) groups is 1. The van der Waals surface area contributed by atoms with E-state index in [1.54, 1.807) is 10.9 Å². The van der Waals surface area contributed by atoms with Crippen LogP contribution in [0.25, 0.3) is 16.6 Å². The first-order valence-electron chi connectivity index (χ1n) is 8.59. The van der Waals surface area contributed by atoms with Crippen molar-refractivity contribution < 1.29 is 4.79 Å². The summed E-state index contributed by atoms with van der Waals surface area (Å²) < 4.78 is 3.14. The number of nitrogens with zero attached hydrogens (tertiary/aromatic N) is 3. The molecule has 140 valence electrons. The van der Waals surface area contributed by atoms with Gasteiger partial charge in [0.05, 0.1) is 22.1 Å². The summed E-state index contributed by atoms with van der Waals surface area (Å²) in [5, 5.41) is 8.16. The lowest BCUT2D eigenvalue weighted by molar-refractivity contribution is -0.115. The Balaban J connectivity index is 1.50. The van der Waals surface area contributed by atoms with Gasteiger partial charge in [0.25, 0.3) is 0 Å². The van der Waals surface area contributed by atoms with Gasteiger partial charge in [0, 0.05) is 11.6 Å². The monoisotopic (exact) mass is 424 g/mol. The van der Waals surface area contributed by atoms with E-state index in [0.717, 1.165) is 26.6 Å². The molecule has 0 aliphatic rings. The zero-order valence-electron chi connectivity index (χ0n) is 14.9. The number of para-hydroxylation sites is 1. The second-order valence-electron chi connectivity index (χ2n) is 6.01. The molecule has 1 N–H and O–H groups in total. The third kappa shape index (κ3) is 3.99. The SMILES string of the molecule is CC(Sc1nn(-c2ccccc2)c(=S)s1)C(=O)Nc1cccc2ncccc12. The van der Waals surface area contributed by atoms with Gasteiger partial charge >= 0.3 is 0 Å². The average molecular weight is 425 g/mol. The molecule has 1 atom stereocenters. The standard InChI is InChI=1S/C20H16N4OS3/c1-13(18(25)22-17-11-5-10-16-15(17)9-6-12-21-16)27-19-23-24(20(26)28-19)14-7-3-2-4-8-14/h2-13H,1H3,(H,22,25). The largest absolute Gasteiger partial charge is 0.324 e. The van der Waals surface area contributed by atoms with E-state index in [1.165, 1.54) is 23.1 Å². The normalized spacial score (nSPS) is 12.0. The Bertz CT molecular complexity index is 1180. The number of pyridine rings is 1. The molecule has 0 bridgehead atoms. The third-order valence-corrected chi connectivity index (χ3v) is 6.50. The molecule has 2 aromatic heterocycles. The molecule has 1 unspecified atom stereocenters. The van der Waals surface area contributed by atoms with E-state index in [1.807, 2.05) is 67.6 Å². The highest BCUT2D eigenvalue weighted by Crippen LogP contribution is 2.29. The van der Waals surface area contributed by atoms with Crippen molar-refractivity contribution in [1.82, 2.24) is 14.8 Å². The lowest BCUT2D eigenvalue weighted by Crippen LogP contribution is -2.22. The number of aromatic nitrogens is 3. The van der Waals surface area contributed by atoms with Crippen LogP contribution in [0.3, 0.4) is 0 Å². The summed E-state index contributed by atoms with van der Waals surface area (Å²) in [4.78, 5) is 17.0. The van der Waals surface area contributed by atoms with Crippen LogP contribution in [0.15, 0.2) is 71.2 Å². The quantitative estimate of drug-likeness (QED) is 0.347. The fourth-order valence-electron chi connectivity index (χ4n) is 2.69. The predicted octanol–water partition coefficient (Wildman–Crippen LogP) is 5.33. The molecule has 5 nitrogen and oxygen atoms in total. The first-order chi connectivity index (χ1) is 13.6. The van der Waals surface area contributed by atoms with Crippen molar-refractivity contribution >= 4 is 57.8 Å². The number of rotatable bonds is 5. The lowest BCUT2D eigenvalue weighted by atomic mass is 10.2. The van der Waals surface area contributed by atoms with Gasteiger partial charge in [0.15, 0.2) is 8.29 Å². The molecule has 0 spiro atoms. The predicted molar refractivity (Wildman–Crippen MR) is 118 cm³/mol. The molecule has 2 heterocycles. The van der Waals surface area contributed by atoms with Crippen molar-refractivity contribution in [2.45, 2.75) is 16.5 Å². The minimum absolute atomic E-state index is 0.0891. The van der Waals surface area contributed by atoms with Crippen LogP contribution in [0.1, 0.15) is 6.92 Å². The summed E-state index contributed by atoms with van der Waals surface area (Å²) in [6.45, 7) is 1.86. The van der Waals surface area contributed by atoms with Gasteiger partial charge < -0.3 is 5.32 Å². The van der Waals surface area contributed by atoms with Crippen LogP contribution in [-0.4, -0.2) is 25.9 Å². The number of hydrogen-bond donors (Lipinski definition) is 1. The fraction of sp³-hybridized carbons (Fsp3) is 0.100. The van der Waals surface area contributed by atoms with E-state index in [-0.39, 0.29) is 11.2 Å². The summed E-state index contributed by atoms with van der Waals surface area (Å²) in [5.41, 5.74) is 2.52. The van der Waals surface area contributed by atoms with Crippen LogP contribution in [0.4, 0.5) is 5.69 Å². The molecule has 4 aromatic rings. The highest BCUT2D eigenvalue weighted by molar-refractivity contribution is 8.02. The van der Waals surface area contributed by atoms with Crippen LogP contribution in [0.5, 0.6) is 0 Å². The summed E-state index contributed by atoms with van der Waals surface area (Å²) in [7, 11) is 0. The van der Waals surface area contributed by atoms with E-state index in [4.69, 9.17) is 12.2 Å². The number of fused-ring (bicyclic) bond motifs is 1. The molecule has 0 aliphatic heterocycles. The average Bonchev–Trinajstić information content (AvgIpc) is 3.09. The van der Waals surface area contributed by atoms with Crippen LogP contribution in [0, 0.1) is 3.95 Å². The Morgan fingerprint density at radius 1 is 1.14 bits per heavy atom. The van der Waals surface area contributed by atoms with Gasteiger partial charge in [-0.3, -0.25) is 9.78 Å². The van der Waals surface area contributed by atoms with E-state index in [2.05, 4.69) is 15.4 Å². The highest BCUT2D eigenvalue weighted by atomic mass is 32.2. The number of benzene rings is 2. The van der Waals surface area contributed by atoms with Gasteiger partial charge in [0.1, 0.15) is 0 Å². The summed E-state index contributed by atoms with van der Waals surface area (Å²) in [6, 6.07) is 19.2. The molecule has 4 rings (SSSR count). The Kier molecular flexibility index (Phi) is 5.52. The highest BCUT2D eigenvalue weighted by Gasteiger charge is 2.18. The molecule has 0 radical (unpaired) electrons. The topological polar surface area (TPSA) is 59.8 Å². The number of nitrogens with one attached hydrogen (secondary N) is 1. The second kappa shape index (κ2) is 8.22. The Labute approximate surface area is 175 Å². The van der Waals surface area contributed by atoms with Crippen LogP contribution >= 0.6 is 35.3 Å². The number of carbonyl (C=O) groups excluding carboxylic acids is 1. The van der Waals surface area contributed by atoms with E-state index in [9.17, 15) is 4.79 Å². The summed E-state index contributed by atoms with van der Waals surface area (Å²) in [5.74, 6) is -0.0891. The minimum atomic E-state index is -0.322. The second-order valence-corrected chi connectivity index (χ2v) is 9.22.